The van der Waals surface area contributed by atoms with Crippen molar-refractivity contribution in [2.75, 3.05) is 46.3 Å². The van der Waals surface area contributed by atoms with Crippen LogP contribution in [-0.4, -0.2) is 87.6 Å². The lowest BCUT2D eigenvalue weighted by Crippen LogP contribution is -2.53. The molecule has 1 unspecified atom stereocenters. The van der Waals surface area contributed by atoms with Gasteiger partial charge in [-0.1, -0.05) is 11.6 Å². The number of aliphatic hydroxyl groups is 1. The van der Waals surface area contributed by atoms with E-state index in [1.165, 1.54) is 6.20 Å². The normalized spacial score (nSPS) is 22.3. The predicted molar refractivity (Wildman–Crippen MR) is 96.5 cm³/mol. The van der Waals surface area contributed by atoms with Crippen LogP contribution in [0.1, 0.15) is 31.2 Å². The molecule has 2 fully saturated rings. The van der Waals surface area contributed by atoms with Gasteiger partial charge in [0.05, 0.1) is 12.6 Å². The highest BCUT2D eigenvalue weighted by Crippen LogP contribution is 2.22. The molecule has 1 atom stereocenters. The molecule has 25 heavy (non-hydrogen) atoms. The summed E-state index contributed by atoms with van der Waals surface area (Å²) >= 11 is 5.94. The molecule has 140 valence electrons. The molecular weight excluding hydrogens is 342 g/mol. The summed E-state index contributed by atoms with van der Waals surface area (Å²) in [5, 5.41) is 10.7. The van der Waals surface area contributed by atoms with Gasteiger partial charge in [0.1, 0.15) is 17.1 Å². The van der Waals surface area contributed by atoms with Crippen LogP contribution in [0.3, 0.4) is 0 Å². The number of piperidine rings is 1. The van der Waals surface area contributed by atoms with Crippen LogP contribution in [0, 0.1) is 0 Å². The maximum absolute atomic E-state index is 12.5. The van der Waals surface area contributed by atoms with E-state index in [4.69, 9.17) is 11.6 Å². The number of aliphatic hydroxyl groups excluding tert-OH is 1. The van der Waals surface area contributed by atoms with Crippen molar-refractivity contribution in [3.8, 4) is 0 Å². The van der Waals surface area contributed by atoms with Crippen molar-refractivity contribution in [2.45, 2.75) is 31.4 Å². The number of piperazine rings is 1. The fourth-order valence-electron chi connectivity index (χ4n) is 3.76. The highest BCUT2D eigenvalue weighted by molar-refractivity contribution is 6.29. The molecule has 3 heterocycles. The maximum atomic E-state index is 12.5. The van der Waals surface area contributed by atoms with Crippen molar-refractivity contribution in [3.05, 3.63) is 17.2 Å². The molecule has 0 aliphatic carbocycles. The number of imidazole rings is 1. The summed E-state index contributed by atoms with van der Waals surface area (Å²) in [5.41, 5.74) is 0. The zero-order chi connectivity index (χ0) is 18.0. The largest absolute Gasteiger partial charge is 0.385 e. The first-order chi connectivity index (χ1) is 12.0. The third-order valence-electron chi connectivity index (χ3n) is 5.50. The number of likely N-dealkylation sites (N-methyl/N-ethyl adjacent to an activating group) is 1. The van der Waals surface area contributed by atoms with Crippen molar-refractivity contribution in [3.63, 3.8) is 0 Å². The monoisotopic (exact) mass is 369 g/mol. The Morgan fingerprint density at radius 1 is 1.24 bits per heavy atom. The number of carbonyl (C=O) groups is 1. The van der Waals surface area contributed by atoms with Crippen LogP contribution in [-0.2, 0) is 11.8 Å². The van der Waals surface area contributed by atoms with Crippen LogP contribution in [0.4, 0.5) is 0 Å². The average Bonchev–Trinajstić information content (AvgIpc) is 2.95. The van der Waals surface area contributed by atoms with Gasteiger partial charge in [-0.3, -0.25) is 9.69 Å². The number of likely N-dealkylation sites (tertiary alicyclic amines) is 1. The van der Waals surface area contributed by atoms with Gasteiger partial charge >= 0.3 is 0 Å². The number of rotatable bonds is 4. The first-order valence-electron chi connectivity index (χ1n) is 9.01. The molecule has 0 aromatic carbocycles. The van der Waals surface area contributed by atoms with Crippen molar-refractivity contribution in [1.29, 1.82) is 0 Å². The maximum Gasteiger partial charge on any atom is 0.225 e. The van der Waals surface area contributed by atoms with Crippen molar-refractivity contribution < 1.29 is 9.90 Å². The Morgan fingerprint density at radius 3 is 2.44 bits per heavy atom. The molecule has 2 aliphatic rings. The molecule has 3 rings (SSSR count). The van der Waals surface area contributed by atoms with Crippen LogP contribution >= 0.6 is 11.6 Å². The predicted octanol–water partition coefficient (Wildman–Crippen LogP) is 0.735. The molecule has 0 radical (unpaired) electrons. The van der Waals surface area contributed by atoms with E-state index in [2.05, 4.69) is 21.8 Å². The van der Waals surface area contributed by atoms with Gasteiger partial charge in [0.25, 0.3) is 0 Å². The quantitative estimate of drug-likeness (QED) is 0.847. The highest BCUT2D eigenvalue weighted by atomic mass is 35.5. The number of amides is 1. The Bertz CT molecular complexity index is 592. The lowest BCUT2D eigenvalue weighted by molar-refractivity contribution is -0.135. The molecule has 2 saturated heterocycles. The Morgan fingerprint density at radius 2 is 1.88 bits per heavy atom. The number of nitrogens with zero attached hydrogens (tertiary/aromatic N) is 5. The summed E-state index contributed by atoms with van der Waals surface area (Å²) in [6.45, 7) is 6.02. The van der Waals surface area contributed by atoms with E-state index in [1.54, 1.807) is 11.6 Å². The summed E-state index contributed by atoms with van der Waals surface area (Å²) in [6, 6.07) is 0.580. The zero-order valence-electron chi connectivity index (χ0n) is 15.1. The third kappa shape index (κ3) is 4.34. The smallest absolute Gasteiger partial charge is 0.225 e. The molecule has 2 aliphatic heterocycles. The van der Waals surface area contributed by atoms with Gasteiger partial charge in [-0.25, -0.2) is 4.98 Å². The minimum Gasteiger partial charge on any atom is -0.385 e. The molecule has 1 N–H and O–H groups in total. The number of hydrogen-bond acceptors (Lipinski definition) is 5. The van der Waals surface area contributed by atoms with E-state index in [0.29, 0.717) is 17.0 Å². The van der Waals surface area contributed by atoms with Crippen molar-refractivity contribution >= 4 is 17.5 Å². The molecular formula is C17H28ClN5O2. The van der Waals surface area contributed by atoms with Gasteiger partial charge in [-0.2, -0.15) is 0 Å². The van der Waals surface area contributed by atoms with Gasteiger partial charge < -0.3 is 19.5 Å². The lowest BCUT2D eigenvalue weighted by atomic mass is 10.0. The molecule has 8 heteroatoms. The summed E-state index contributed by atoms with van der Waals surface area (Å²) < 4.78 is 1.61. The Kier molecular flexibility index (Phi) is 5.99. The first kappa shape index (κ1) is 18.6. The molecule has 0 bridgehead atoms. The molecule has 1 amide bonds. The van der Waals surface area contributed by atoms with Crippen LogP contribution in [0.15, 0.2) is 6.20 Å². The van der Waals surface area contributed by atoms with Gasteiger partial charge in [0.15, 0.2) is 0 Å². The second kappa shape index (κ2) is 8.03. The van der Waals surface area contributed by atoms with E-state index >= 15 is 0 Å². The Balaban J connectivity index is 1.47. The molecule has 7 nitrogen and oxygen atoms in total. The van der Waals surface area contributed by atoms with Crippen LogP contribution < -0.4 is 0 Å². The summed E-state index contributed by atoms with van der Waals surface area (Å²) in [5.74, 6) is 0.425. The Labute approximate surface area is 154 Å². The first-order valence-corrected chi connectivity index (χ1v) is 9.39. The Hall–Kier alpha value is -1.15. The highest BCUT2D eigenvalue weighted by Gasteiger charge is 2.29. The van der Waals surface area contributed by atoms with E-state index < -0.39 is 6.10 Å². The van der Waals surface area contributed by atoms with Gasteiger partial charge in [-0.05, 0) is 19.9 Å². The molecule has 0 spiro atoms. The minimum absolute atomic E-state index is 0.0107. The fraction of sp³-hybridized carbons (Fsp3) is 0.765. The number of carbonyl (C=O) groups excluding carboxylic acids is 1. The van der Waals surface area contributed by atoms with Crippen molar-refractivity contribution in [1.82, 2.24) is 24.3 Å². The van der Waals surface area contributed by atoms with Crippen LogP contribution in [0.5, 0.6) is 0 Å². The lowest BCUT2D eigenvalue weighted by Gasteiger charge is -2.42. The third-order valence-corrected chi connectivity index (χ3v) is 5.86. The van der Waals surface area contributed by atoms with Gasteiger partial charge in [0.2, 0.25) is 5.91 Å². The van der Waals surface area contributed by atoms with E-state index in [-0.39, 0.29) is 12.3 Å². The number of hydrogen-bond donors (Lipinski definition) is 1. The topological polar surface area (TPSA) is 64.8 Å². The van der Waals surface area contributed by atoms with Gasteiger partial charge in [0, 0.05) is 52.4 Å². The van der Waals surface area contributed by atoms with E-state index in [1.807, 2.05) is 4.90 Å². The molecule has 1 aromatic heterocycles. The van der Waals surface area contributed by atoms with Gasteiger partial charge in [-0.15, -0.1) is 0 Å². The molecule has 0 saturated carbocycles. The SMILES string of the molecule is CN1CCN(C2CCN(C(=O)CC(O)c3ncc(Cl)n3C)CC2)CC1. The van der Waals surface area contributed by atoms with Crippen molar-refractivity contribution in [2.24, 2.45) is 7.05 Å². The standard InChI is InChI=1S/C17H28ClN5O2/c1-20-7-9-22(10-8-20)13-3-5-23(6-4-13)16(25)11-14(24)17-19-12-15(18)21(17)2/h12-14,24H,3-11H2,1-2H3. The van der Waals surface area contributed by atoms with Crippen LogP contribution in [0.25, 0.3) is 0 Å². The summed E-state index contributed by atoms with van der Waals surface area (Å²) in [7, 11) is 3.90. The second-order valence-corrected chi connectivity index (χ2v) is 7.56. The number of aromatic nitrogens is 2. The van der Waals surface area contributed by atoms with Crippen LogP contribution in [0.2, 0.25) is 5.15 Å². The number of halogens is 1. The van der Waals surface area contributed by atoms with E-state index in [0.717, 1.165) is 52.1 Å². The summed E-state index contributed by atoms with van der Waals surface area (Å²) in [6.07, 6.45) is 2.66. The average molecular weight is 370 g/mol. The minimum atomic E-state index is -0.916. The molecule has 1 aromatic rings. The fourth-order valence-corrected chi connectivity index (χ4v) is 3.90. The van der Waals surface area contributed by atoms with E-state index in [9.17, 15) is 9.90 Å². The zero-order valence-corrected chi connectivity index (χ0v) is 15.8. The summed E-state index contributed by atoms with van der Waals surface area (Å²) in [4.78, 5) is 23.4. The second-order valence-electron chi connectivity index (χ2n) is 7.17.